The van der Waals surface area contributed by atoms with E-state index in [1.165, 1.54) is 89.9 Å². The van der Waals surface area contributed by atoms with E-state index in [1.807, 2.05) is 0 Å². The zero-order valence-electron chi connectivity index (χ0n) is 35.6. The summed E-state index contributed by atoms with van der Waals surface area (Å²) in [6.07, 6.45) is 29.8. The second-order valence-electron chi connectivity index (χ2n) is 15.5. The van der Waals surface area contributed by atoms with E-state index >= 15 is 0 Å². The zero-order valence-corrected chi connectivity index (χ0v) is 35.6. The maximum absolute atomic E-state index is 13.6. The molecule has 1 amide bonds. The second-order valence-corrected chi connectivity index (χ2v) is 15.5. The van der Waals surface area contributed by atoms with Crippen LogP contribution in [0.2, 0.25) is 0 Å². The van der Waals surface area contributed by atoms with Gasteiger partial charge in [-0.05, 0) is 51.6 Å². The van der Waals surface area contributed by atoms with Crippen LogP contribution in [-0.2, 0) is 23.9 Å². The summed E-state index contributed by atoms with van der Waals surface area (Å²) < 4.78 is 11.8. The fourth-order valence-corrected chi connectivity index (χ4v) is 7.23. The van der Waals surface area contributed by atoms with Crippen LogP contribution in [0, 0.1) is 11.8 Å². The van der Waals surface area contributed by atoms with Crippen LogP contribution in [0.15, 0.2) is 0 Å². The van der Waals surface area contributed by atoms with Crippen molar-refractivity contribution < 1.29 is 23.9 Å². The summed E-state index contributed by atoms with van der Waals surface area (Å²) in [6, 6.07) is 0. The standard InChI is InChI=1S/C45H88N2O5/c1-7-13-17-21-23-27-31-41(29-25-19-15-9-3)44(49)51-39-37-47(43(48)33-36-46(34-11-5)35-12-6)38-40-52-45(50)42(30-26-20-16-10-4)32-28-24-22-18-14-8-2/h41-42H,7-40H2,1-6H3. The Hall–Kier alpha value is -1.63. The Morgan fingerprint density at radius 2 is 0.731 bits per heavy atom. The van der Waals surface area contributed by atoms with Crippen LogP contribution in [0.5, 0.6) is 0 Å². The largest absolute Gasteiger partial charge is 0.464 e. The van der Waals surface area contributed by atoms with Gasteiger partial charge in [0, 0.05) is 13.0 Å². The normalized spacial score (nSPS) is 12.6. The molecule has 7 nitrogen and oxygen atoms in total. The molecule has 0 aliphatic heterocycles. The van der Waals surface area contributed by atoms with E-state index < -0.39 is 0 Å². The number of nitrogens with zero attached hydrogens (tertiary/aromatic N) is 2. The van der Waals surface area contributed by atoms with Gasteiger partial charge >= 0.3 is 11.9 Å². The highest BCUT2D eigenvalue weighted by Gasteiger charge is 2.23. The highest BCUT2D eigenvalue weighted by atomic mass is 16.5. The summed E-state index contributed by atoms with van der Waals surface area (Å²) in [5.74, 6) is -0.310. The van der Waals surface area contributed by atoms with Gasteiger partial charge in [-0.25, -0.2) is 0 Å². The number of unbranched alkanes of at least 4 members (excludes halogenated alkanes) is 16. The van der Waals surface area contributed by atoms with E-state index in [-0.39, 0.29) is 42.9 Å². The minimum Gasteiger partial charge on any atom is -0.464 e. The molecule has 0 bridgehead atoms. The predicted molar refractivity (Wildman–Crippen MR) is 221 cm³/mol. The van der Waals surface area contributed by atoms with Crippen molar-refractivity contribution in [2.45, 2.75) is 215 Å². The van der Waals surface area contributed by atoms with Gasteiger partial charge in [-0.1, -0.05) is 170 Å². The van der Waals surface area contributed by atoms with Gasteiger partial charge < -0.3 is 19.3 Å². The predicted octanol–water partition coefficient (Wildman–Crippen LogP) is 12.1. The highest BCUT2D eigenvalue weighted by molar-refractivity contribution is 5.77. The fourth-order valence-electron chi connectivity index (χ4n) is 7.23. The van der Waals surface area contributed by atoms with E-state index in [0.29, 0.717) is 26.1 Å². The van der Waals surface area contributed by atoms with Crippen molar-refractivity contribution in [3.8, 4) is 0 Å². The smallest absolute Gasteiger partial charge is 0.308 e. The van der Waals surface area contributed by atoms with Gasteiger partial charge in [0.05, 0.1) is 24.9 Å². The Labute approximate surface area is 323 Å². The van der Waals surface area contributed by atoms with Crippen molar-refractivity contribution in [1.29, 1.82) is 0 Å². The minimum atomic E-state index is -0.110. The maximum Gasteiger partial charge on any atom is 0.308 e. The third-order valence-corrected chi connectivity index (χ3v) is 10.6. The van der Waals surface area contributed by atoms with Gasteiger partial charge in [0.1, 0.15) is 13.2 Å². The average molecular weight is 737 g/mol. The number of ether oxygens (including phenoxy) is 2. The van der Waals surface area contributed by atoms with Crippen molar-refractivity contribution in [1.82, 2.24) is 9.80 Å². The lowest BCUT2D eigenvalue weighted by Crippen LogP contribution is -2.40. The van der Waals surface area contributed by atoms with E-state index in [0.717, 1.165) is 90.1 Å². The van der Waals surface area contributed by atoms with Crippen molar-refractivity contribution in [2.24, 2.45) is 11.8 Å². The third kappa shape index (κ3) is 28.8. The van der Waals surface area contributed by atoms with Crippen LogP contribution >= 0.6 is 0 Å². The maximum atomic E-state index is 13.6. The number of carbonyl (C=O) groups is 3. The molecule has 7 heteroatoms. The Kier molecular flexibility index (Phi) is 36.5. The number of carbonyl (C=O) groups excluding carboxylic acids is 3. The van der Waals surface area contributed by atoms with E-state index in [1.54, 1.807) is 4.90 Å². The van der Waals surface area contributed by atoms with E-state index in [9.17, 15) is 14.4 Å². The quantitative estimate of drug-likeness (QED) is 0.0462. The van der Waals surface area contributed by atoms with Crippen LogP contribution in [-0.4, -0.2) is 73.6 Å². The van der Waals surface area contributed by atoms with Gasteiger partial charge in [0.15, 0.2) is 0 Å². The third-order valence-electron chi connectivity index (χ3n) is 10.6. The number of amides is 1. The van der Waals surface area contributed by atoms with Crippen molar-refractivity contribution >= 4 is 17.8 Å². The molecule has 0 spiro atoms. The monoisotopic (exact) mass is 737 g/mol. The van der Waals surface area contributed by atoms with Gasteiger partial charge in [-0.2, -0.15) is 0 Å². The summed E-state index contributed by atoms with van der Waals surface area (Å²) in [7, 11) is 0. The molecular formula is C45H88N2O5. The molecule has 0 aromatic heterocycles. The molecule has 0 N–H and O–H groups in total. The van der Waals surface area contributed by atoms with Gasteiger partial charge in [-0.3, -0.25) is 14.4 Å². The molecule has 0 aliphatic carbocycles. The lowest BCUT2D eigenvalue weighted by molar-refractivity contribution is -0.152. The Morgan fingerprint density at radius 3 is 1.08 bits per heavy atom. The molecule has 0 aliphatic rings. The first-order valence-corrected chi connectivity index (χ1v) is 22.7. The molecule has 0 fully saturated rings. The lowest BCUT2D eigenvalue weighted by Gasteiger charge is -2.26. The molecule has 0 aromatic rings. The lowest BCUT2D eigenvalue weighted by atomic mass is 9.94. The summed E-state index contributed by atoms with van der Waals surface area (Å²) in [4.78, 5) is 44.4. The SMILES string of the molecule is CCCCCCCCC(CCCCCC)C(=O)OCCN(CCOC(=O)C(CCCCCC)CCCCCCCC)C(=O)CCN(CCC)CCC. The Balaban J connectivity index is 5.38. The summed E-state index contributed by atoms with van der Waals surface area (Å²) >= 11 is 0. The van der Waals surface area contributed by atoms with Crippen LogP contribution in [0.25, 0.3) is 0 Å². The van der Waals surface area contributed by atoms with Crippen LogP contribution in [0.4, 0.5) is 0 Å². The molecule has 0 aromatic carbocycles. The average Bonchev–Trinajstić information content (AvgIpc) is 3.14. The first kappa shape index (κ1) is 50.4. The van der Waals surface area contributed by atoms with Gasteiger partial charge in [0.2, 0.25) is 5.91 Å². The minimum absolute atomic E-state index is 0.0377. The Morgan fingerprint density at radius 1 is 0.404 bits per heavy atom. The molecule has 2 atom stereocenters. The van der Waals surface area contributed by atoms with Crippen LogP contribution in [0.1, 0.15) is 215 Å². The number of hydrogen-bond acceptors (Lipinski definition) is 6. The second kappa shape index (κ2) is 37.7. The summed E-state index contributed by atoms with van der Waals surface area (Å²) in [5.41, 5.74) is 0. The first-order chi connectivity index (χ1) is 25.4. The molecule has 0 heterocycles. The van der Waals surface area contributed by atoms with Crippen molar-refractivity contribution in [3.63, 3.8) is 0 Å². The van der Waals surface area contributed by atoms with E-state index in [4.69, 9.17) is 9.47 Å². The molecule has 0 radical (unpaired) electrons. The molecule has 0 saturated carbocycles. The molecule has 52 heavy (non-hydrogen) atoms. The van der Waals surface area contributed by atoms with Crippen LogP contribution < -0.4 is 0 Å². The van der Waals surface area contributed by atoms with Crippen LogP contribution in [0.3, 0.4) is 0 Å². The summed E-state index contributed by atoms with van der Waals surface area (Å²) in [6.45, 7) is 17.0. The Bertz CT molecular complexity index is 766. The van der Waals surface area contributed by atoms with Gasteiger partial charge in [-0.15, -0.1) is 0 Å². The molecule has 2 unspecified atom stereocenters. The van der Waals surface area contributed by atoms with Crippen molar-refractivity contribution in [3.05, 3.63) is 0 Å². The topological polar surface area (TPSA) is 76.1 Å². The van der Waals surface area contributed by atoms with Crippen molar-refractivity contribution in [2.75, 3.05) is 45.9 Å². The highest BCUT2D eigenvalue weighted by Crippen LogP contribution is 2.22. The molecular weight excluding hydrogens is 649 g/mol. The first-order valence-electron chi connectivity index (χ1n) is 22.7. The molecule has 0 rings (SSSR count). The zero-order chi connectivity index (χ0) is 38.5. The fraction of sp³-hybridized carbons (Fsp3) is 0.933. The van der Waals surface area contributed by atoms with E-state index in [2.05, 4.69) is 46.4 Å². The molecule has 0 saturated heterocycles. The van der Waals surface area contributed by atoms with Gasteiger partial charge in [0.25, 0.3) is 0 Å². The number of esters is 2. The number of hydrogen-bond donors (Lipinski definition) is 0. The number of rotatable bonds is 39. The molecule has 308 valence electrons. The summed E-state index contributed by atoms with van der Waals surface area (Å²) in [5, 5.41) is 0.